The Bertz CT molecular complexity index is 349. The van der Waals surface area contributed by atoms with E-state index in [1.54, 1.807) is 0 Å². The Balaban J connectivity index is 2.91. The van der Waals surface area contributed by atoms with Crippen LogP contribution >= 0.6 is 0 Å². The molecule has 6 heteroatoms. The van der Waals surface area contributed by atoms with E-state index in [0.717, 1.165) is 4.90 Å². The van der Waals surface area contributed by atoms with Crippen molar-refractivity contribution in [3.05, 3.63) is 16.4 Å². The van der Waals surface area contributed by atoms with Crippen LogP contribution in [0.3, 0.4) is 0 Å². The van der Waals surface area contributed by atoms with Gasteiger partial charge >= 0.3 is 11.6 Å². The Hall–Kier alpha value is -1.90. The minimum atomic E-state index is -0.755. The SMILES string of the molecule is C/C(O)=C(\[N+]#N)C(=O)N1CCCC1=O. The molecule has 0 bridgehead atoms. The number of allylic oxidation sites excluding steroid dienone is 1. The van der Waals surface area contributed by atoms with Crippen LogP contribution < -0.4 is 0 Å². The van der Waals surface area contributed by atoms with Crippen molar-refractivity contribution in [1.29, 1.82) is 5.39 Å². The standard InChI is InChI=1S/C8H9N3O3/c1-5(12)7(10-9)8(14)11-4-2-3-6(11)13/h2-4H2,1H3/p+1. The Morgan fingerprint density at radius 1 is 1.64 bits per heavy atom. The summed E-state index contributed by atoms with van der Waals surface area (Å²) in [6.45, 7) is 1.53. The fourth-order valence-corrected chi connectivity index (χ4v) is 1.26. The average molecular weight is 196 g/mol. The fraction of sp³-hybridized carbons (Fsp3) is 0.500. The number of aliphatic hydroxyl groups excluding tert-OH is 1. The summed E-state index contributed by atoms with van der Waals surface area (Å²) >= 11 is 0. The van der Waals surface area contributed by atoms with Gasteiger partial charge in [0.25, 0.3) is 0 Å². The van der Waals surface area contributed by atoms with Crippen LogP contribution in [0.1, 0.15) is 19.8 Å². The van der Waals surface area contributed by atoms with Gasteiger partial charge in [0.05, 0.1) is 0 Å². The molecule has 1 aliphatic rings. The number of imide groups is 1. The van der Waals surface area contributed by atoms with Crippen LogP contribution in [0.5, 0.6) is 0 Å². The summed E-state index contributed by atoms with van der Waals surface area (Å²) in [7, 11) is 0. The molecular weight excluding hydrogens is 186 g/mol. The first kappa shape index (κ1) is 10.2. The molecule has 14 heavy (non-hydrogen) atoms. The third-order valence-electron chi connectivity index (χ3n) is 1.96. The van der Waals surface area contributed by atoms with Crippen LogP contribution in [-0.2, 0) is 9.59 Å². The molecule has 1 rings (SSSR count). The summed E-state index contributed by atoms with van der Waals surface area (Å²) in [4.78, 5) is 26.2. The molecule has 1 heterocycles. The predicted octanol–water partition coefficient (Wildman–Crippen LogP) is 0.778. The summed E-state index contributed by atoms with van der Waals surface area (Å²) in [6.07, 6.45) is 0.919. The molecule has 0 aliphatic carbocycles. The second kappa shape index (κ2) is 3.87. The number of nitrogens with zero attached hydrogens (tertiary/aromatic N) is 3. The molecule has 2 amide bonds. The molecule has 1 N–H and O–H groups in total. The molecule has 0 spiro atoms. The van der Waals surface area contributed by atoms with Gasteiger partial charge in [0.2, 0.25) is 11.3 Å². The van der Waals surface area contributed by atoms with Crippen molar-refractivity contribution < 1.29 is 14.7 Å². The normalized spacial score (nSPS) is 17.7. The van der Waals surface area contributed by atoms with E-state index < -0.39 is 17.4 Å². The van der Waals surface area contributed by atoms with E-state index in [1.165, 1.54) is 6.92 Å². The van der Waals surface area contributed by atoms with E-state index in [-0.39, 0.29) is 5.91 Å². The number of diazo groups is 1. The molecular formula is C8H10N3O3+. The Kier molecular flexibility index (Phi) is 2.82. The van der Waals surface area contributed by atoms with Crippen molar-refractivity contribution in [3.8, 4) is 0 Å². The Labute approximate surface area is 80.4 Å². The summed E-state index contributed by atoms with van der Waals surface area (Å²) < 4.78 is 0. The van der Waals surface area contributed by atoms with Crippen molar-refractivity contribution in [2.45, 2.75) is 19.8 Å². The molecule has 0 unspecified atom stereocenters. The van der Waals surface area contributed by atoms with Crippen LogP contribution in [0.4, 0.5) is 0 Å². The zero-order chi connectivity index (χ0) is 10.7. The van der Waals surface area contributed by atoms with E-state index in [4.69, 9.17) is 10.5 Å². The van der Waals surface area contributed by atoms with Crippen molar-refractivity contribution in [1.82, 2.24) is 4.90 Å². The predicted molar refractivity (Wildman–Crippen MR) is 46.4 cm³/mol. The van der Waals surface area contributed by atoms with Crippen molar-refractivity contribution in [2.24, 2.45) is 0 Å². The van der Waals surface area contributed by atoms with E-state index in [1.807, 2.05) is 0 Å². The van der Waals surface area contributed by atoms with Crippen molar-refractivity contribution in [2.75, 3.05) is 6.54 Å². The minimum Gasteiger partial charge on any atom is -0.505 e. The topological polar surface area (TPSA) is 85.8 Å². The molecule has 0 aromatic heterocycles. The second-order valence-corrected chi connectivity index (χ2v) is 2.99. The number of carbonyl (C=O) groups is 2. The van der Waals surface area contributed by atoms with Crippen LogP contribution in [0, 0.1) is 5.39 Å². The summed E-state index contributed by atoms with van der Waals surface area (Å²) in [5.41, 5.74) is -0.486. The van der Waals surface area contributed by atoms with E-state index in [9.17, 15) is 9.59 Å². The maximum absolute atomic E-state index is 11.5. The molecule has 0 radical (unpaired) electrons. The highest BCUT2D eigenvalue weighted by molar-refractivity contribution is 6.06. The number of likely N-dealkylation sites (tertiary alicyclic amines) is 1. The molecule has 0 aromatic rings. The summed E-state index contributed by atoms with van der Waals surface area (Å²) in [5, 5.41) is 17.5. The maximum atomic E-state index is 11.5. The van der Waals surface area contributed by atoms with Crippen molar-refractivity contribution >= 4 is 11.8 Å². The van der Waals surface area contributed by atoms with Crippen LogP contribution in [0.15, 0.2) is 11.5 Å². The molecule has 1 fully saturated rings. The minimum absolute atomic E-state index is 0.308. The van der Waals surface area contributed by atoms with Gasteiger partial charge in [-0.15, -0.1) is 0 Å². The highest BCUT2D eigenvalue weighted by atomic mass is 16.3. The monoisotopic (exact) mass is 196 g/mol. The lowest BCUT2D eigenvalue weighted by atomic mass is 10.3. The summed E-state index contributed by atoms with van der Waals surface area (Å²) in [5.74, 6) is -1.47. The smallest absolute Gasteiger partial charge is 0.485 e. The van der Waals surface area contributed by atoms with Gasteiger partial charge in [-0.05, 0) is 6.42 Å². The molecule has 6 nitrogen and oxygen atoms in total. The third-order valence-corrected chi connectivity index (χ3v) is 1.96. The van der Waals surface area contributed by atoms with E-state index >= 15 is 0 Å². The first-order chi connectivity index (χ1) is 6.57. The average Bonchev–Trinajstić information content (AvgIpc) is 2.51. The number of amides is 2. The van der Waals surface area contributed by atoms with Gasteiger partial charge in [0.1, 0.15) is 0 Å². The molecule has 0 saturated carbocycles. The van der Waals surface area contributed by atoms with Gasteiger partial charge in [-0.2, -0.15) is 0 Å². The highest BCUT2D eigenvalue weighted by Crippen LogP contribution is 2.15. The molecule has 1 saturated heterocycles. The van der Waals surface area contributed by atoms with Crippen LogP contribution in [0.2, 0.25) is 0 Å². The van der Waals surface area contributed by atoms with Gasteiger partial charge in [-0.1, -0.05) is 0 Å². The number of rotatable bonds is 1. The number of hydrogen-bond acceptors (Lipinski definition) is 4. The van der Waals surface area contributed by atoms with Gasteiger partial charge in [-0.25, -0.2) is 0 Å². The Morgan fingerprint density at radius 3 is 2.64 bits per heavy atom. The lowest BCUT2D eigenvalue weighted by molar-refractivity contribution is -0.139. The van der Waals surface area contributed by atoms with Gasteiger partial charge in [0.15, 0.2) is 10.7 Å². The molecule has 1 aliphatic heterocycles. The first-order valence-electron chi connectivity index (χ1n) is 4.17. The quantitative estimate of drug-likeness (QED) is 0.381. The molecule has 0 aromatic carbocycles. The van der Waals surface area contributed by atoms with E-state index in [0.29, 0.717) is 19.4 Å². The number of hydrogen-bond donors (Lipinski definition) is 1. The Morgan fingerprint density at radius 2 is 2.29 bits per heavy atom. The second-order valence-electron chi connectivity index (χ2n) is 2.99. The lowest BCUT2D eigenvalue weighted by Crippen LogP contribution is -2.32. The van der Waals surface area contributed by atoms with Crippen LogP contribution in [0.25, 0.3) is 4.98 Å². The number of aliphatic hydroxyl groups is 1. The largest absolute Gasteiger partial charge is 0.505 e. The van der Waals surface area contributed by atoms with Crippen LogP contribution in [-0.4, -0.2) is 28.4 Å². The van der Waals surface area contributed by atoms with E-state index in [2.05, 4.69) is 4.98 Å². The lowest BCUT2D eigenvalue weighted by Gasteiger charge is -2.07. The fourth-order valence-electron chi connectivity index (χ4n) is 1.26. The van der Waals surface area contributed by atoms with Gasteiger partial charge in [-0.3, -0.25) is 14.5 Å². The highest BCUT2D eigenvalue weighted by Gasteiger charge is 2.37. The molecule has 0 atom stereocenters. The number of carbonyl (C=O) groups excluding carboxylic acids is 2. The maximum Gasteiger partial charge on any atom is 0.485 e. The van der Waals surface area contributed by atoms with Gasteiger partial charge in [0, 0.05) is 19.9 Å². The summed E-state index contributed by atoms with van der Waals surface area (Å²) in [6, 6.07) is 0. The van der Waals surface area contributed by atoms with Crippen molar-refractivity contribution in [3.63, 3.8) is 0 Å². The van der Waals surface area contributed by atoms with Gasteiger partial charge < -0.3 is 5.11 Å². The zero-order valence-electron chi connectivity index (χ0n) is 7.73. The third kappa shape index (κ3) is 1.71. The zero-order valence-corrected chi connectivity index (χ0v) is 7.73. The first-order valence-corrected chi connectivity index (χ1v) is 4.17. The molecule has 74 valence electrons.